The predicted molar refractivity (Wildman–Crippen MR) is 156 cm³/mol. The molecule has 0 radical (unpaired) electrons. The first-order chi connectivity index (χ1) is 18.3. The fraction of sp³-hybridized carbons (Fsp3) is 0.267. The molecule has 0 bridgehead atoms. The second-order valence-electron chi connectivity index (χ2n) is 9.99. The van der Waals surface area contributed by atoms with Crippen molar-refractivity contribution in [1.82, 2.24) is 19.9 Å². The van der Waals surface area contributed by atoms with E-state index < -0.39 is 0 Å². The first-order valence-electron chi connectivity index (χ1n) is 12.8. The molecule has 38 heavy (non-hydrogen) atoms. The van der Waals surface area contributed by atoms with Gasteiger partial charge < -0.3 is 20.1 Å². The van der Waals surface area contributed by atoms with Crippen LogP contribution in [0.25, 0.3) is 5.82 Å². The third kappa shape index (κ3) is 4.67. The number of carbonyl (C=O) groups is 1. The average molecular weight is 525 g/mol. The predicted octanol–water partition coefficient (Wildman–Crippen LogP) is 5.96. The summed E-state index contributed by atoms with van der Waals surface area (Å²) in [7, 11) is 0. The van der Waals surface area contributed by atoms with Gasteiger partial charge >= 0.3 is 0 Å². The molecule has 1 amide bonds. The molecule has 1 aliphatic heterocycles. The summed E-state index contributed by atoms with van der Waals surface area (Å²) >= 11 is 5.93. The van der Waals surface area contributed by atoms with Crippen LogP contribution in [0.2, 0.25) is 0 Å². The van der Waals surface area contributed by atoms with Gasteiger partial charge in [-0.2, -0.15) is 0 Å². The first kappa shape index (κ1) is 25.6. The molecule has 1 aliphatic rings. The van der Waals surface area contributed by atoms with Gasteiger partial charge in [-0.05, 0) is 92.6 Å². The van der Waals surface area contributed by atoms with Crippen LogP contribution < -0.4 is 15.5 Å². The second-order valence-corrected chi connectivity index (χ2v) is 10.4. The molecule has 1 fully saturated rings. The zero-order valence-electron chi connectivity index (χ0n) is 22.3. The van der Waals surface area contributed by atoms with Crippen molar-refractivity contribution in [1.29, 1.82) is 0 Å². The topological polar surface area (TPSA) is 75.1 Å². The first-order valence-corrected chi connectivity index (χ1v) is 13.2. The van der Waals surface area contributed by atoms with Crippen molar-refractivity contribution in [3.05, 3.63) is 101 Å². The number of hydrogen-bond donors (Lipinski definition) is 2. The van der Waals surface area contributed by atoms with E-state index in [0.717, 1.165) is 45.4 Å². The standard InChI is InChI=1S/C30H32N6OS/c1-18(2)29(37)33-24-13-12-22(16-19(24)3)36-28(27(34-30(36)38)25-10-6-8-14-31-25)23-17-20(4)35(21(23)5)26-11-7-9-15-32-26/h6-18,27-28H,1-5H3,(H,33,37)(H,34,38)/t27-,28+/m0/s1. The van der Waals surface area contributed by atoms with Crippen LogP contribution in [-0.2, 0) is 4.79 Å². The zero-order valence-corrected chi connectivity index (χ0v) is 23.1. The molecule has 7 nitrogen and oxygen atoms in total. The number of aryl methyl sites for hydroxylation is 2. The van der Waals surface area contributed by atoms with Gasteiger partial charge in [0.2, 0.25) is 5.91 Å². The number of nitrogens with zero attached hydrogens (tertiary/aromatic N) is 4. The molecule has 8 heteroatoms. The Morgan fingerprint density at radius 2 is 1.74 bits per heavy atom. The highest BCUT2D eigenvalue weighted by Gasteiger charge is 2.42. The summed E-state index contributed by atoms with van der Waals surface area (Å²) in [4.78, 5) is 23.8. The van der Waals surface area contributed by atoms with Gasteiger partial charge in [-0.15, -0.1) is 0 Å². The lowest BCUT2D eigenvalue weighted by atomic mass is 9.96. The molecule has 2 atom stereocenters. The lowest BCUT2D eigenvalue weighted by molar-refractivity contribution is -0.118. The monoisotopic (exact) mass is 524 g/mol. The highest BCUT2D eigenvalue weighted by Crippen LogP contribution is 2.44. The Labute approximate surface area is 228 Å². The molecule has 1 aromatic carbocycles. The van der Waals surface area contributed by atoms with Crippen LogP contribution in [0.15, 0.2) is 73.1 Å². The van der Waals surface area contributed by atoms with E-state index in [-0.39, 0.29) is 23.9 Å². The highest BCUT2D eigenvalue weighted by atomic mass is 32.1. The molecule has 2 N–H and O–H groups in total. The van der Waals surface area contributed by atoms with Gasteiger partial charge in [0.15, 0.2) is 5.11 Å². The Morgan fingerprint density at radius 1 is 1.00 bits per heavy atom. The quantitative estimate of drug-likeness (QED) is 0.303. The molecule has 0 saturated carbocycles. The summed E-state index contributed by atoms with van der Waals surface area (Å²) in [6, 6.07) is 19.9. The number of nitrogens with one attached hydrogen (secondary N) is 2. The van der Waals surface area contributed by atoms with Gasteiger partial charge in [-0.1, -0.05) is 26.0 Å². The lowest BCUT2D eigenvalue weighted by Crippen LogP contribution is -2.29. The van der Waals surface area contributed by atoms with E-state index in [1.807, 2.05) is 81.7 Å². The van der Waals surface area contributed by atoms with E-state index in [2.05, 4.69) is 56.0 Å². The van der Waals surface area contributed by atoms with E-state index in [4.69, 9.17) is 12.2 Å². The highest BCUT2D eigenvalue weighted by molar-refractivity contribution is 7.80. The Morgan fingerprint density at radius 3 is 2.37 bits per heavy atom. The van der Waals surface area contributed by atoms with E-state index in [1.165, 1.54) is 0 Å². The van der Waals surface area contributed by atoms with Crippen LogP contribution in [0.4, 0.5) is 11.4 Å². The maximum atomic E-state index is 12.3. The van der Waals surface area contributed by atoms with Crippen LogP contribution in [0.5, 0.6) is 0 Å². The molecule has 3 aromatic heterocycles. The minimum Gasteiger partial charge on any atom is -0.351 e. The van der Waals surface area contributed by atoms with Crippen molar-refractivity contribution in [2.24, 2.45) is 5.92 Å². The largest absolute Gasteiger partial charge is 0.351 e. The molecule has 0 spiro atoms. The number of aromatic nitrogens is 3. The summed E-state index contributed by atoms with van der Waals surface area (Å²) in [6.45, 7) is 10.0. The third-order valence-corrected chi connectivity index (χ3v) is 7.35. The van der Waals surface area contributed by atoms with Crippen LogP contribution in [0, 0.1) is 26.7 Å². The Hall–Kier alpha value is -4.04. The number of amides is 1. The number of pyridine rings is 2. The summed E-state index contributed by atoms with van der Waals surface area (Å²) in [5.74, 6) is 0.779. The Balaban J connectivity index is 1.61. The second kappa shape index (κ2) is 10.4. The molecule has 0 aliphatic carbocycles. The summed E-state index contributed by atoms with van der Waals surface area (Å²) in [5.41, 5.74) is 6.98. The molecule has 1 saturated heterocycles. The number of hydrogen-bond acceptors (Lipinski definition) is 4. The van der Waals surface area contributed by atoms with Gasteiger partial charge in [0.05, 0.1) is 17.8 Å². The summed E-state index contributed by atoms with van der Waals surface area (Å²) in [6.07, 6.45) is 3.62. The number of carbonyl (C=O) groups excluding carboxylic acids is 1. The van der Waals surface area contributed by atoms with Crippen LogP contribution in [-0.4, -0.2) is 25.6 Å². The fourth-order valence-corrected chi connectivity index (χ4v) is 5.44. The van der Waals surface area contributed by atoms with Crippen LogP contribution >= 0.6 is 12.2 Å². The molecular weight excluding hydrogens is 492 g/mol. The minimum atomic E-state index is -0.151. The lowest BCUT2D eigenvalue weighted by Gasteiger charge is -2.29. The van der Waals surface area contributed by atoms with Crippen molar-refractivity contribution in [3.8, 4) is 5.82 Å². The van der Waals surface area contributed by atoms with E-state index in [0.29, 0.717) is 5.11 Å². The summed E-state index contributed by atoms with van der Waals surface area (Å²) in [5, 5.41) is 7.20. The van der Waals surface area contributed by atoms with E-state index >= 15 is 0 Å². The number of rotatable bonds is 6. The summed E-state index contributed by atoms with van der Waals surface area (Å²) < 4.78 is 2.18. The molecule has 194 valence electrons. The molecular formula is C30H32N6OS. The van der Waals surface area contributed by atoms with Crippen molar-refractivity contribution in [2.45, 2.75) is 46.7 Å². The normalized spacial score (nSPS) is 17.1. The van der Waals surface area contributed by atoms with Gasteiger partial charge in [-0.25, -0.2) is 4.98 Å². The zero-order chi connectivity index (χ0) is 27.0. The van der Waals surface area contributed by atoms with Crippen LogP contribution in [0.1, 0.15) is 54.1 Å². The van der Waals surface area contributed by atoms with Crippen molar-refractivity contribution < 1.29 is 4.79 Å². The SMILES string of the molecule is Cc1cc(N2C(=S)N[C@@H](c3ccccn3)[C@H]2c2cc(C)n(-c3ccccn3)c2C)ccc1NC(=O)C(C)C. The molecule has 4 heterocycles. The maximum absolute atomic E-state index is 12.3. The fourth-order valence-electron chi connectivity index (χ4n) is 5.09. The van der Waals surface area contributed by atoms with Crippen molar-refractivity contribution in [3.63, 3.8) is 0 Å². The average Bonchev–Trinajstić information content (AvgIpc) is 3.41. The Bertz CT molecular complexity index is 1480. The van der Waals surface area contributed by atoms with E-state index in [1.54, 1.807) is 0 Å². The smallest absolute Gasteiger partial charge is 0.226 e. The number of thiocarbonyl (C=S) groups is 1. The maximum Gasteiger partial charge on any atom is 0.226 e. The molecule has 4 aromatic rings. The van der Waals surface area contributed by atoms with Gasteiger partial charge in [0.1, 0.15) is 5.82 Å². The van der Waals surface area contributed by atoms with Gasteiger partial charge in [-0.3, -0.25) is 9.78 Å². The number of benzene rings is 1. The molecule has 5 rings (SSSR count). The van der Waals surface area contributed by atoms with Crippen LogP contribution in [0.3, 0.4) is 0 Å². The van der Waals surface area contributed by atoms with Crippen molar-refractivity contribution in [2.75, 3.05) is 10.2 Å². The Kier molecular flexibility index (Phi) is 6.99. The molecule has 0 unspecified atom stereocenters. The third-order valence-electron chi connectivity index (χ3n) is 7.04. The van der Waals surface area contributed by atoms with Gasteiger partial charge in [0.25, 0.3) is 0 Å². The number of anilines is 2. The minimum absolute atomic E-state index is 0.00531. The van der Waals surface area contributed by atoms with Crippen molar-refractivity contribution >= 4 is 34.6 Å². The van der Waals surface area contributed by atoms with Gasteiger partial charge in [0, 0.05) is 41.1 Å². The van der Waals surface area contributed by atoms with E-state index in [9.17, 15) is 4.79 Å².